The lowest BCUT2D eigenvalue weighted by atomic mass is 9.93. The van der Waals surface area contributed by atoms with Crippen LogP contribution < -0.4 is 10.2 Å². The predicted octanol–water partition coefficient (Wildman–Crippen LogP) is 1.12. The number of aliphatic carboxylic acids is 1. The van der Waals surface area contributed by atoms with Crippen molar-refractivity contribution >= 4 is 35.2 Å². The summed E-state index contributed by atoms with van der Waals surface area (Å²) in [6.07, 6.45) is 1.47. The van der Waals surface area contributed by atoms with E-state index in [4.69, 9.17) is 4.74 Å². The van der Waals surface area contributed by atoms with Crippen LogP contribution in [0.5, 0.6) is 0 Å². The molecule has 2 aliphatic heterocycles. The number of carboxylic acids is 1. The van der Waals surface area contributed by atoms with Gasteiger partial charge in [0.1, 0.15) is 12.6 Å². The van der Waals surface area contributed by atoms with Gasteiger partial charge >= 0.3 is 5.97 Å². The molecule has 1 saturated heterocycles. The standard InChI is InChI=1S/C17H20N2O5S/c20-14(18-16(17(22)23)11-4-3-7-24-9-11)8-19-12-5-1-2-6-13(12)25-10-15(19)21/h1-2,5-6,11,16H,3-4,7-10H2,(H,18,20)(H,22,23). The fourth-order valence-corrected chi connectivity index (χ4v) is 4.04. The average molecular weight is 364 g/mol. The summed E-state index contributed by atoms with van der Waals surface area (Å²) in [4.78, 5) is 38.5. The Kier molecular flexibility index (Phi) is 5.60. The van der Waals surface area contributed by atoms with Gasteiger partial charge in [-0.15, -0.1) is 11.8 Å². The molecule has 1 fully saturated rings. The fourth-order valence-electron chi connectivity index (χ4n) is 3.10. The predicted molar refractivity (Wildman–Crippen MR) is 92.6 cm³/mol. The molecule has 8 heteroatoms. The summed E-state index contributed by atoms with van der Waals surface area (Å²) in [5, 5.41) is 12.0. The third kappa shape index (κ3) is 4.13. The summed E-state index contributed by atoms with van der Waals surface area (Å²) in [6, 6.07) is 6.37. The summed E-state index contributed by atoms with van der Waals surface area (Å²) < 4.78 is 5.33. The number of carbonyl (C=O) groups is 3. The molecule has 3 rings (SSSR count). The molecule has 0 radical (unpaired) electrons. The number of benzene rings is 1. The Balaban J connectivity index is 1.68. The van der Waals surface area contributed by atoms with Gasteiger partial charge in [-0.25, -0.2) is 4.79 Å². The van der Waals surface area contributed by atoms with Crippen molar-refractivity contribution in [2.45, 2.75) is 23.8 Å². The van der Waals surface area contributed by atoms with E-state index in [2.05, 4.69) is 5.32 Å². The molecule has 0 aliphatic carbocycles. The van der Waals surface area contributed by atoms with Gasteiger partial charge in [0.2, 0.25) is 11.8 Å². The lowest BCUT2D eigenvalue weighted by Gasteiger charge is -2.31. The number of nitrogens with one attached hydrogen (secondary N) is 1. The van der Waals surface area contributed by atoms with Crippen LogP contribution in [-0.2, 0) is 19.1 Å². The van der Waals surface area contributed by atoms with Gasteiger partial charge in [0.05, 0.1) is 18.0 Å². The van der Waals surface area contributed by atoms with E-state index in [0.717, 1.165) is 11.3 Å². The summed E-state index contributed by atoms with van der Waals surface area (Å²) >= 11 is 1.44. The van der Waals surface area contributed by atoms with E-state index in [1.54, 1.807) is 6.07 Å². The Morgan fingerprint density at radius 1 is 1.40 bits per heavy atom. The first-order valence-corrected chi connectivity index (χ1v) is 9.17. The second-order valence-electron chi connectivity index (χ2n) is 6.10. The van der Waals surface area contributed by atoms with Gasteiger partial charge in [-0.3, -0.25) is 9.59 Å². The van der Waals surface area contributed by atoms with Crippen molar-refractivity contribution in [3.8, 4) is 0 Å². The lowest BCUT2D eigenvalue weighted by Crippen LogP contribution is -2.52. The van der Waals surface area contributed by atoms with Gasteiger partial charge in [-0.05, 0) is 25.0 Å². The van der Waals surface area contributed by atoms with Crippen molar-refractivity contribution in [1.29, 1.82) is 0 Å². The SMILES string of the molecule is O=C(CN1C(=O)CSc2ccccc21)NC(C(=O)O)C1CCCOC1. The van der Waals surface area contributed by atoms with Crippen LogP contribution in [0, 0.1) is 5.92 Å². The highest BCUT2D eigenvalue weighted by atomic mass is 32.2. The first kappa shape index (κ1) is 17.8. The van der Waals surface area contributed by atoms with Crippen LogP contribution in [0.15, 0.2) is 29.2 Å². The lowest BCUT2D eigenvalue weighted by molar-refractivity contribution is -0.145. The second-order valence-corrected chi connectivity index (χ2v) is 7.11. The summed E-state index contributed by atoms with van der Waals surface area (Å²) in [6.45, 7) is 0.751. The van der Waals surface area contributed by atoms with Crippen molar-refractivity contribution in [1.82, 2.24) is 5.32 Å². The van der Waals surface area contributed by atoms with Crippen molar-refractivity contribution in [3.63, 3.8) is 0 Å². The number of anilines is 1. The topological polar surface area (TPSA) is 95.9 Å². The highest BCUT2D eigenvalue weighted by molar-refractivity contribution is 8.00. The third-order valence-electron chi connectivity index (χ3n) is 4.36. The molecule has 2 atom stereocenters. The molecule has 2 unspecified atom stereocenters. The number of ether oxygens (including phenoxy) is 1. The minimum absolute atomic E-state index is 0.160. The normalized spacial score (nSPS) is 21.4. The van der Waals surface area contributed by atoms with Gasteiger partial charge < -0.3 is 20.1 Å². The number of hydrogen-bond acceptors (Lipinski definition) is 5. The van der Waals surface area contributed by atoms with Crippen molar-refractivity contribution in [2.75, 3.05) is 30.4 Å². The van der Waals surface area contributed by atoms with Gasteiger partial charge in [0, 0.05) is 17.4 Å². The maximum Gasteiger partial charge on any atom is 0.326 e. The molecule has 2 amide bonds. The molecular formula is C17H20N2O5S. The Bertz CT molecular complexity index is 675. The number of fused-ring (bicyclic) bond motifs is 1. The maximum atomic E-state index is 12.4. The van der Waals surface area contributed by atoms with Gasteiger partial charge in [0.25, 0.3) is 0 Å². The number of nitrogens with zero attached hydrogens (tertiary/aromatic N) is 1. The van der Waals surface area contributed by atoms with Crippen LogP contribution in [0.3, 0.4) is 0 Å². The number of thioether (sulfide) groups is 1. The van der Waals surface area contributed by atoms with E-state index in [0.29, 0.717) is 25.3 Å². The smallest absolute Gasteiger partial charge is 0.326 e. The largest absolute Gasteiger partial charge is 0.480 e. The Hall–Kier alpha value is -2.06. The molecule has 0 aromatic heterocycles. The Morgan fingerprint density at radius 3 is 2.92 bits per heavy atom. The highest BCUT2D eigenvalue weighted by Crippen LogP contribution is 2.34. The Morgan fingerprint density at radius 2 is 2.20 bits per heavy atom. The van der Waals surface area contributed by atoms with E-state index in [1.807, 2.05) is 18.2 Å². The number of para-hydroxylation sites is 1. The number of carboxylic acid groups (broad SMARTS) is 1. The number of rotatable bonds is 5. The molecule has 0 saturated carbocycles. The monoisotopic (exact) mass is 364 g/mol. The van der Waals surface area contributed by atoms with Crippen LogP contribution in [-0.4, -0.2) is 54.4 Å². The molecule has 2 heterocycles. The molecular weight excluding hydrogens is 344 g/mol. The minimum atomic E-state index is -1.08. The first-order valence-electron chi connectivity index (χ1n) is 8.18. The zero-order valence-corrected chi connectivity index (χ0v) is 14.5. The summed E-state index contributed by atoms with van der Waals surface area (Å²) in [5.74, 6) is -1.71. The summed E-state index contributed by atoms with van der Waals surface area (Å²) in [7, 11) is 0. The second kappa shape index (κ2) is 7.88. The van der Waals surface area contributed by atoms with Crippen molar-refractivity contribution in [3.05, 3.63) is 24.3 Å². The van der Waals surface area contributed by atoms with Gasteiger partial charge in [-0.2, -0.15) is 0 Å². The van der Waals surface area contributed by atoms with E-state index in [9.17, 15) is 19.5 Å². The van der Waals surface area contributed by atoms with E-state index >= 15 is 0 Å². The quantitative estimate of drug-likeness (QED) is 0.813. The number of amides is 2. The molecule has 2 N–H and O–H groups in total. The molecule has 7 nitrogen and oxygen atoms in total. The molecule has 25 heavy (non-hydrogen) atoms. The van der Waals surface area contributed by atoms with Crippen LogP contribution in [0.2, 0.25) is 0 Å². The zero-order valence-electron chi connectivity index (χ0n) is 13.6. The molecule has 2 aliphatic rings. The molecule has 1 aromatic rings. The minimum Gasteiger partial charge on any atom is -0.480 e. The Labute approximate surface area is 149 Å². The molecule has 0 spiro atoms. The van der Waals surface area contributed by atoms with Crippen molar-refractivity contribution in [2.24, 2.45) is 5.92 Å². The van der Waals surface area contributed by atoms with E-state index in [1.165, 1.54) is 16.7 Å². The van der Waals surface area contributed by atoms with Crippen LogP contribution in [0.25, 0.3) is 0 Å². The highest BCUT2D eigenvalue weighted by Gasteiger charge is 2.33. The van der Waals surface area contributed by atoms with Crippen molar-refractivity contribution < 1.29 is 24.2 Å². The number of hydrogen-bond donors (Lipinski definition) is 2. The molecule has 1 aromatic carbocycles. The third-order valence-corrected chi connectivity index (χ3v) is 5.41. The van der Waals surface area contributed by atoms with Crippen LogP contribution >= 0.6 is 11.8 Å². The first-order chi connectivity index (χ1) is 12.1. The molecule has 0 bridgehead atoms. The summed E-state index contributed by atoms with van der Waals surface area (Å²) in [5.41, 5.74) is 0.687. The fraction of sp³-hybridized carbons (Fsp3) is 0.471. The maximum absolute atomic E-state index is 12.4. The van der Waals surface area contributed by atoms with Gasteiger partial charge in [0.15, 0.2) is 0 Å². The average Bonchev–Trinajstić information content (AvgIpc) is 2.62. The van der Waals surface area contributed by atoms with Gasteiger partial charge in [-0.1, -0.05) is 12.1 Å². The van der Waals surface area contributed by atoms with E-state index < -0.39 is 17.9 Å². The van der Waals surface area contributed by atoms with E-state index in [-0.39, 0.29) is 24.1 Å². The van der Waals surface area contributed by atoms with Crippen LogP contribution in [0.1, 0.15) is 12.8 Å². The number of carbonyl (C=O) groups excluding carboxylic acids is 2. The molecule has 134 valence electrons. The zero-order chi connectivity index (χ0) is 17.8. The van der Waals surface area contributed by atoms with Crippen LogP contribution in [0.4, 0.5) is 5.69 Å².